The second kappa shape index (κ2) is 8.20. The molecule has 23 heavy (non-hydrogen) atoms. The normalized spacial score (nSPS) is 12.9. The average Bonchev–Trinajstić information content (AvgIpc) is 2.43. The third-order valence-electron chi connectivity index (χ3n) is 3.27. The van der Waals surface area contributed by atoms with Crippen molar-refractivity contribution >= 4 is 6.03 Å². The van der Waals surface area contributed by atoms with E-state index in [9.17, 15) is 9.90 Å². The minimum atomic E-state index is -0.912. The number of amides is 2. The zero-order valence-electron chi connectivity index (χ0n) is 15.1. The molecular weight excluding hydrogens is 292 g/mol. The number of rotatable bonds is 7. The summed E-state index contributed by atoms with van der Waals surface area (Å²) in [6.45, 7) is 10.5. The van der Waals surface area contributed by atoms with Crippen molar-refractivity contribution in [1.29, 1.82) is 0 Å². The van der Waals surface area contributed by atoms with Gasteiger partial charge in [0.2, 0.25) is 0 Å². The summed E-state index contributed by atoms with van der Waals surface area (Å²) >= 11 is 0. The number of benzene rings is 1. The van der Waals surface area contributed by atoms with Gasteiger partial charge in [-0.15, -0.1) is 0 Å². The maximum Gasteiger partial charge on any atom is 0.317 e. The molecule has 0 heterocycles. The third-order valence-corrected chi connectivity index (χ3v) is 3.27. The lowest BCUT2D eigenvalue weighted by Gasteiger charge is -2.27. The molecule has 0 radical (unpaired) electrons. The van der Waals surface area contributed by atoms with Gasteiger partial charge in [-0.2, -0.15) is 0 Å². The molecule has 0 aliphatic carbocycles. The van der Waals surface area contributed by atoms with Crippen molar-refractivity contribution in [1.82, 2.24) is 10.2 Å². The summed E-state index contributed by atoms with van der Waals surface area (Å²) in [5.74, 6) is 1.32. The topological polar surface area (TPSA) is 61.8 Å². The summed E-state index contributed by atoms with van der Waals surface area (Å²) < 4.78 is 5.65. The molecule has 0 fully saturated rings. The van der Waals surface area contributed by atoms with E-state index >= 15 is 0 Å². The molecule has 0 spiro atoms. The number of hydrogen-bond acceptors (Lipinski definition) is 3. The molecular formula is C18H30N2O3. The molecule has 5 heteroatoms. The van der Waals surface area contributed by atoms with E-state index in [0.29, 0.717) is 12.5 Å². The maximum atomic E-state index is 12.1. The molecule has 0 saturated carbocycles. The Morgan fingerprint density at radius 1 is 1.26 bits per heavy atom. The van der Waals surface area contributed by atoms with Crippen molar-refractivity contribution in [3.8, 4) is 5.75 Å². The fraction of sp³-hybridized carbons (Fsp3) is 0.611. The Hall–Kier alpha value is -1.75. The highest BCUT2D eigenvalue weighted by Crippen LogP contribution is 2.18. The Bertz CT molecular complexity index is 492. The Kier molecular flexibility index (Phi) is 6.88. The van der Waals surface area contributed by atoms with Gasteiger partial charge >= 0.3 is 6.03 Å². The molecule has 5 nitrogen and oxygen atoms in total. The maximum absolute atomic E-state index is 12.1. The van der Waals surface area contributed by atoms with Gasteiger partial charge in [0.15, 0.2) is 0 Å². The number of aliphatic hydroxyl groups is 1. The SMILES string of the molecule is CC(C)COc1ccc(C(C)NC(=O)N(C)CC(C)(C)O)cc1. The van der Waals surface area contributed by atoms with Crippen LogP contribution in [0.15, 0.2) is 24.3 Å². The van der Waals surface area contributed by atoms with E-state index < -0.39 is 5.60 Å². The minimum Gasteiger partial charge on any atom is -0.493 e. The molecule has 1 unspecified atom stereocenters. The molecule has 1 aromatic rings. The van der Waals surface area contributed by atoms with Gasteiger partial charge in [-0.25, -0.2) is 4.79 Å². The van der Waals surface area contributed by atoms with Crippen LogP contribution in [0.1, 0.15) is 46.2 Å². The molecule has 0 aliphatic rings. The van der Waals surface area contributed by atoms with E-state index in [1.54, 1.807) is 20.9 Å². The fourth-order valence-corrected chi connectivity index (χ4v) is 2.15. The summed E-state index contributed by atoms with van der Waals surface area (Å²) in [5.41, 5.74) is 0.0944. The van der Waals surface area contributed by atoms with Gasteiger partial charge in [-0.1, -0.05) is 26.0 Å². The lowest BCUT2D eigenvalue weighted by molar-refractivity contribution is 0.0528. The number of hydrogen-bond donors (Lipinski definition) is 2. The first-order chi connectivity index (χ1) is 10.6. The third kappa shape index (κ3) is 7.37. The average molecular weight is 322 g/mol. The van der Waals surface area contributed by atoms with Crippen LogP contribution in [0.4, 0.5) is 4.79 Å². The number of ether oxygens (including phenoxy) is 1. The highest BCUT2D eigenvalue weighted by Gasteiger charge is 2.20. The Morgan fingerprint density at radius 2 is 1.83 bits per heavy atom. The van der Waals surface area contributed by atoms with Crippen LogP contribution in [0.5, 0.6) is 5.75 Å². The van der Waals surface area contributed by atoms with Gasteiger partial charge in [0, 0.05) is 7.05 Å². The minimum absolute atomic E-state index is 0.120. The van der Waals surface area contributed by atoms with Crippen molar-refractivity contribution in [2.75, 3.05) is 20.2 Å². The molecule has 0 bridgehead atoms. The number of carbonyl (C=O) groups excluding carboxylic acids is 1. The first-order valence-electron chi connectivity index (χ1n) is 8.05. The largest absolute Gasteiger partial charge is 0.493 e. The molecule has 2 N–H and O–H groups in total. The monoisotopic (exact) mass is 322 g/mol. The zero-order valence-corrected chi connectivity index (χ0v) is 15.1. The van der Waals surface area contributed by atoms with E-state index in [1.165, 1.54) is 4.90 Å². The summed E-state index contributed by atoms with van der Waals surface area (Å²) in [6.07, 6.45) is 0. The molecule has 0 aromatic heterocycles. The van der Waals surface area contributed by atoms with Gasteiger partial charge in [0.1, 0.15) is 5.75 Å². The number of nitrogens with zero attached hydrogens (tertiary/aromatic N) is 1. The van der Waals surface area contributed by atoms with Gasteiger partial charge in [-0.3, -0.25) is 0 Å². The number of carbonyl (C=O) groups is 1. The van der Waals surface area contributed by atoms with E-state index in [1.807, 2.05) is 31.2 Å². The molecule has 1 rings (SSSR count). The van der Waals surface area contributed by atoms with Crippen LogP contribution in [0, 0.1) is 5.92 Å². The predicted molar refractivity (Wildman–Crippen MR) is 92.6 cm³/mol. The number of likely N-dealkylation sites (N-methyl/N-ethyl adjacent to an activating group) is 1. The number of urea groups is 1. The van der Waals surface area contributed by atoms with Crippen LogP contribution in [0.3, 0.4) is 0 Å². The lowest BCUT2D eigenvalue weighted by atomic mass is 10.1. The second-order valence-electron chi connectivity index (χ2n) is 7.11. The van der Waals surface area contributed by atoms with Crippen molar-refractivity contribution in [3.05, 3.63) is 29.8 Å². The van der Waals surface area contributed by atoms with Gasteiger partial charge in [0.25, 0.3) is 0 Å². The van der Waals surface area contributed by atoms with E-state index in [-0.39, 0.29) is 18.6 Å². The van der Waals surface area contributed by atoms with Crippen molar-refractivity contribution < 1.29 is 14.6 Å². The smallest absolute Gasteiger partial charge is 0.317 e. The predicted octanol–water partition coefficient (Wildman–Crippen LogP) is 3.19. The zero-order chi connectivity index (χ0) is 17.6. The van der Waals surface area contributed by atoms with Gasteiger partial charge in [-0.05, 0) is 44.4 Å². The molecule has 1 atom stereocenters. The standard InChI is InChI=1S/C18H30N2O3/c1-13(2)11-23-16-9-7-15(8-10-16)14(3)19-17(21)20(6)12-18(4,5)22/h7-10,13-14,22H,11-12H2,1-6H3,(H,19,21). The summed E-state index contributed by atoms with van der Waals surface area (Å²) in [6, 6.07) is 7.42. The quantitative estimate of drug-likeness (QED) is 0.810. The second-order valence-corrected chi connectivity index (χ2v) is 7.11. The molecule has 0 saturated heterocycles. The van der Waals surface area contributed by atoms with E-state index in [4.69, 9.17) is 4.74 Å². The molecule has 130 valence electrons. The number of nitrogens with one attached hydrogen (secondary N) is 1. The van der Waals surface area contributed by atoms with E-state index in [0.717, 1.165) is 11.3 Å². The van der Waals surface area contributed by atoms with Crippen molar-refractivity contribution in [2.24, 2.45) is 5.92 Å². The van der Waals surface area contributed by atoms with Crippen LogP contribution >= 0.6 is 0 Å². The van der Waals surface area contributed by atoms with Crippen molar-refractivity contribution in [3.63, 3.8) is 0 Å². The van der Waals surface area contributed by atoms with Crippen LogP contribution < -0.4 is 10.1 Å². The molecule has 0 aliphatic heterocycles. The molecule has 1 aromatic carbocycles. The summed E-state index contributed by atoms with van der Waals surface area (Å²) in [5, 5.41) is 12.7. The van der Waals surface area contributed by atoms with Gasteiger partial charge in [0.05, 0.1) is 24.8 Å². The fourth-order valence-electron chi connectivity index (χ4n) is 2.15. The summed E-state index contributed by atoms with van der Waals surface area (Å²) in [7, 11) is 1.67. The Balaban J connectivity index is 2.57. The van der Waals surface area contributed by atoms with Crippen LogP contribution in [0.25, 0.3) is 0 Å². The Labute approximate surface area is 139 Å². The summed E-state index contributed by atoms with van der Waals surface area (Å²) in [4.78, 5) is 13.6. The van der Waals surface area contributed by atoms with Crippen molar-refractivity contribution in [2.45, 2.75) is 46.3 Å². The van der Waals surface area contributed by atoms with Gasteiger partial charge < -0.3 is 20.1 Å². The highest BCUT2D eigenvalue weighted by molar-refractivity contribution is 5.74. The highest BCUT2D eigenvalue weighted by atomic mass is 16.5. The first kappa shape index (κ1) is 19.3. The lowest BCUT2D eigenvalue weighted by Crippen LogP contribution is -2.45. The van der Waals surface area contributed by atoms with Crippen LogP contribution in [-0.2, 0) is 0 Å². The van der Waals surface area contributed by atoms with Crippen LogP contribution in [-0.4, -0.2) is 41.8 Å². The first-order valence-corrected chi connectivity index (χ1v) is 8.05. The Morgan fingerprint density at radius 3 is 2.30 bits per heavy atom. The van der Waals surface area contributed by atoms with Crippen LogP contribution in [0.2, 0.25) is 0 Å². The molecule has 2 amide bonds. The van der Waals surface area contributed by atoms with E-state index in [2.05, 4.69) is 19.2 Å².